The number of likely N-dealkylation sites (tertiary alicyclic amines) is 1. The molecule has 0 saturated carbocycles. The van der Waals surface area contributed by atoms with Crippen LogP contribution in [0.25, 0.3) is 11.4 Å². The Hall–Kier alpha value is -1.79. The van der Waals surface area contributed by atoms with Crippen molar-refractivity contribution in [3.63, 3.8) is 0 Å². The fourth-order valence-corrected chi connectivity index (χ4v) is 4.58. The molecule has 1 amide bonds. The molecule has 1 aromatic heterocycles. The van der Waals surface area contributed by atoms with Gasteiger partial charge in [0.25, 0.3) is 0 Å². The fourth-order valence-electron chi connectivity index (χ4n) is 3.69. The van der Waals surface area contributed by atoms with Gasteiger partial charge in [-0.2, -0.15) is 11.8 Å². The van der Waals surface area contributed by atoms with Gasteiger partial charge < -0.3 is 14.8 Å². The number of nitrogens with zero attached hydrogens (tertiary/aromatic N) is 3. The number of fused-ring (bicyclic) bond motifs is 1. The summed E-state index contributed by atoms with van der Waals surface area (Å²) in [6, 6.07) is 10.2. The Labute approximate surface area is 159 Å². The number of H-pyrrole nitrogens is 1. The van der Waals surface area contributed by atoms with Crippen molar-refractivity contribution in [2.24, 2.45) is 0 Å². The Bertz CT molecular complexity index is 740. The average molecular weight is 371 g/mol. The van der Waals surface area contributed by atoms with Gasteiger partial charge in [0, 0.05) is 30.8 Å². The van der Waals surface area contributed by atoms with Crippen molar-refractivity contribution in [2.45, 2.75) is 25.8 Å². The van der Waals surface area contributed by atoms with Crippen molar-refractivity contribution in [1.82, 2.24) is 19.8 Å². The summed E-state index contributed by atoms with van der Waals surface area (Å²) in [5, 5.41) is 0. The molecule has 1 aromatic carbocycles. The maximum absolute atomic E-state index is 12.5. The number of thioether (sulfide) groups is 1. The van der Waals surface area contributed by atoms with E-state index in [-0.39, 0.29) is 5.91 Å². The van der Waals surface area contributed by atoms with E-state index in [9.17, 15) is 4.79 Å². The van der Waals surface area contributed by atoms with Crippen LogP contribution in [0.15, 0.2) is 30.3 Å². The number of rotatable bonds is 6. The predicted molar refractivity (Wildman–Crippen MR) is 106 cm³/mol. The van der Waals surface area contributed by atoms with E-state index in [1.807, 2.05) is 23.1 Å². The molecular formula is C20H26N4OS. The molecular weight excluding hydrogens is 344 g/mol. The van der Waals surface area contributed by atoms with Crippen molar-refractivity contribution in [3.05, 3.63) is 41.7 Å². The molecule has 4 rings (SSSR count). The lowest BCUT2D eigenvalue weighted by molar-refractivity contribution is -0.129. The molecule has 0 unspecified atom stereocenters. The summed E-state index contributed by atoms with van der Waals surface area (Å²) in [4.78, 5) is 25.2. The van der Waals surface area contributed by atoms with Crippen LogP contribution in [-0.4, -0.2) is 63.4 Å². The van der Waals surface area contributed by atoms with Crippen LogP contribution in [0, 0.1) is 0 Å². The smallest absolute Gasteiger partial charge is 0.232 e. The zero-order valence-electron chi connectivity index (χ0n) is 15.1. The third kappa shape index (κ3) is 4.13. The van der Waals surface area contributed by atoms with Gasteiger partial charge in [-0.25, -0.2) is 4.98 Å². The molecule has 1 fully saturated rings. The molecule has 1 saturated heterocycles. The van der Waals surface area contributed by atoms with Crippen molar-refractivity contribution in [3.8, 4) is 11.4 Å². The van der Waals surface area contributed by atoms with Gasteiger partial charge in [-0.1, -0.05) is 30.3 Å². The van der Waals surface area contributed by atoms with Crippen molar-refractivity contribution in [1.29, 1.82) is 0 Å². The van der Waals surface area contributed by atoms with Gasteiger partial charge in [0.2, 0.25) is 5.91 Å². The van der Waals surface area contributed by atoms with E-state index in [1.165, 1.54) is 25.9 Å². The Morgan fingerprint density at radius 2 is 1.96 bits per heavy atom. The Balaban J connectivity index is 1.28. The van der Waals surface area contributed by atoms with Crippen LogP contribution >= 0.6 is 11.8 Å². The lowest BCUT2D eigenvalue weighted by atomic mass is 10.1. The molecule has 0 atom stereocenters. The number of carbonyl (C=O) groups is 1. The molecule has 6 heteroatoms. The Morgan fingerprint density at radius 1 is 1.15 bits per heavy atom. The van der Waals surface area contributed by atoms with E-state index in [0.717, 1.165) is 48.0 Å². The first kappa shape index (κ1) is 17.6. The molecule has 2 aliphatic heterocycles. The molecule has 3 heterocycles. The molecule has 5 nitrogen and oxygen atoms in total. The quantitative estimate of drug-likeness (QED) is 0.795. The van der Waals surface area contributed by atoms with Gasteiger partial charge in [0.1, 0.15) is 5.82 Å². The molecule has 0 bridgehead atoms. The van der Waals surface area contributed by atoms with Crippen molar-refractivity contribution < 1.29 is 4.79 Å². The zero-order valence-corrected chi connectivity index (χ0v) is 15.9. The average Bonchev–Trinajstić information content (AvgIpc) is 3.34. The highest BCUT2D eigenvalue weighted by Crippen LogP contribution is 2.23. The summed E-state index contributed by atoms with van der Waals surface area (Å²) >= 11 is 1.77. The second-order valence-electron chi connectivity index (χ2n) is 7.04. The Kier molecular flexibility index (Phi) is 5.60. The second kappa shape index (κ2) is 8.27. The number of imidazole rings is 1. The minimum absolute atomic E-state index is 0.248. The van der Waals surface area contributed by atoms with E-state index < -0.39 is 0 Å². The van der Waals surface area contributed by atoms with Crippen molar-refractivity contribution in [2.75, 3.05) is 37.7 Å². The fraction of sp³-hybridized carbons (Fsp3) is 0.500. The van der Waals surface area contributed by atoms with Crippen molar-refractivity contribution >= 4 is 17.7 Å². The number of nitrogens with one attached hydrogen (secondary N) is 1. The predicted octanol–water partition coefficient (Wildman–Crippen LogP) is 2.79. The van der Waals surface area contributed by atoms with E-state index in [1.54, 1.807) is 11.8 Å². The summed E-state index contributed by atoms with van der Waals surface area (Å²) in [5.74, 6) is 2.79. The highest BCUT2D eigenvalue weighted by Gasteiger charge is 2.24. The summed E-state index contributed by atoms with van der Waals surface area (Å²) in [7, 11) is 0. The number of hydrogen-bond acceptors (Lipinski definition) is 4. The first-order valence-corrected chi connectivity index (χ1v) is 10.7. The van der Waals surface area contributed by atoms with Crippen LogP contribution in [-0.2, 0) is 17.8 Å². The molecule has 0 radical (unpaired) electrons. The number of hydrogen-bond donors (Lipinski definition) is 1. The minimum atomic E-state index is 0.248. The van der Waals surface area contributed by atoms with E-state index >= 15 is 0 Å². The van der Waals surface area contributed by atoms with Crippen LogP contribution in [0.1, 0.15) is 24.2 Å². The minimum Gasteiger partial charge on any atom is -0.340 e. The van der Waals surface area contributed by atoms with Crippen LogP contribution in [0.3, 0.4) is 0 Å². The SMILES string of the molecule is O=C(CSCCN1CCCC1)N1CCc2nc(-c3ccccc3)[nH]c2C1. The number of benzene rings is 1. The molecule has 0 aliphatic carbocycles. The van der Waals surface area contributed by atoms with Gasteiger partial charge in [0.15, 0.2) is 0 Å². The second-order valence-corrected chi connectivity index (χ2v) is 8.15. The lowest BCUT2D eigenvalue weighted by Gasteiger charge is -2.26. The topological polar surface area (TPSA) is 52.2 Å². The number of carbonyl (C=O) groups excluding carboxylic acids is 1. The van der Waals surface area contributed by atoms with Crippen LogP contribution in [0.4, 0.5) is 0 Å². The third-order valence-electron chi connectivity index (χ3n) is 5.21. The zero-order chi connectivity index (χ0) is 17.8. The molecule has 0 spiro atoms. The summed E-state index contributed by atoms with van der Waals surface area (Å²) in [6.07, 6.45) is 3.49. The Morgan fingerprint density at radius 3 is 2.77 bits per heavy atom. The molecule has 1 N–H and O–H groups in total. The van der Waals surface area contributed by atoms with E-state index in [2.05, 4.69) is 22.0 Å². The van der Waals surface area contributed by atoms with Crippen LogP contribution < -0.4 is 0 Å². The first-order valence-electron chi connectivity index (χ1n) is 9.50. The normalized spacial score (nSPS) is 17.5. The monoisotopic (exact) mass is 370 g/mol. The first-order chi connectivity index (χ1) is 12.8. The van der Waals surface area contributed by atoms with Gasteiger partial charge in [-0.3, -0.25) is 4.79 Å². The van der Waals surface area contributed by atoms with Gasteiger partial charge in [-0.05, 0) is 25.9 Å². The molecule has 2 aromatic rings. The van der Waals surface area contributed by atoms with Crippen LogP contribution in [0.2, 0.25) is 0 Å². The standard InChI is InChI=1S/C20H26N4OS/c25-19(15-26-13-12-23-9-4-5-10-23)24-11-8-17-18(14-24)22-20(21-17)16-6-2-1-3-7-16/h1-3,6-7H,4-5,8-15H2,(H,21,22). The third-order valence-corrected chi connectivity index (χ3v) is 6.13. The summed E-state index contributed by atoms with van der Waals surface area (Å²) < 4.78 is 0. The van der Waals surface area contributed by atoms with Gasteiger partial charge in [0.05, 0.1) is 23.7 Å². The van der Waals surface area contributed by atoms with Gasteiger partial charge in [-0.15, -0.1) is 0 Å². The molecule has 2 aliphatic rings. The largest absolute Gasteiger partial charge is 0.340 e. The van der Waals surface area contributed by atoms with Gasteiger partial charge >= 0.3 is 0 Å². The number of amides is 1. The molecule has 138 valence electrons. The maximum Gasteiger partial charge on any atom is 0.232 e. The maximum atomic E-state index is 12.5. The van der Waals surface area contributed by atoms with E-state index in [0.29, 0.717) is 12.3 Å². The lowest BCUT2D eigenvalue weighted by Crippen LogP contribution is -2.37. The van der Waals surface area contributed by atoms with Crippen LogP contribution in [0.5, 0.6) is 0 Å². The number of aromatic amines is 1. The highest BCUT2D eigenvalue weighted by atomic mass is 32.2. The summed E-state index contributed by atoms with van der Waals surface area (Å²) in [6.45, 7) is 5.00. The summed E-state index contributed by atoms with van der Waals surface area (Å²) in [5.41, 5.74) is 3.29. The molecule has 26 heavy (non-hydrogen) atoms. The van der Waals surface area contributed by atoms with E-state index in [4.69, 9.17) is 4.98 Å². The highest BCUT2D eigenvalue weighted by molar-refractivity contribution is 7.99. The number of aromatic nitrogens is 2.